The molecule has 1 unspecified atom stereocenters. The van der Waals surface area contributed by atoms with Gasteiger partial charge >= 0.3 is 0 Å². The summed E-state index contributed by atoms with van der Waals surface area (Å²) in [6.45, 7) is 3.34. The molecular formula is C28H30FN3O4. The molecule has 1 aliphatic rings. The summed E-state index contributed by atoms with van der Waals surface area (Å²) >= 11 is 0. The van der Waals surface area contributed by atoms with Gasteiger partial charge in [0.25, 0.3) is 5.91 Å². The second-order valence-electron chi connectivity index (χ2n) is 9.06. The Labute approximate surface area is 209 Å². The molecule has 0 bridgehead atoms. The number of rotatable bonds is 8. The van der Waals surface area contributed by atoms with Gasteiger partial charge in [-0.2, -0.15) is 0 Å². The summed E-state index contributed by atoms with van der Waals surface area (Å²) in [6, 6.07) is 13.1. The van der Waals surface area contributed by atoms with Crippen LogP contribution in [0.1, 0.15) is 59.0 Å². The van der Waals surface area contributed by atoms with Crippen LogP contribution in [0.15, 0.2) is 65.3 Å². The minimum absolute atomic E-state index is 0.0269. The lowest BCUT2D eigenvalue weighted by molar-refractivity contribution is -0.126. The van der Waals surface area contributed by atoms with Gasteiger partial charge in [-0.15, -0.1) is 0 Å². The summed E-state index contributed by atoms with van der Waals surface area (Å²) in [5, 5.41) is 5.58. The fourth-order valence-corrected chi connectivity index (χ4v) is 4.59. The van der Waals surface area contributed by atoms with Crippen LogP contribution < -0.4 is 15.5 Å². The standard InChI is InChI=1S/C28H30FN3O4/c1-18-9-7-14-23(19(18)2)32(25(33)17-30-27(34)24-15-8-16-36-24)26(21-12-5-6-13-22(21)29)28(35)31-20-10-3-4-11-20/h5-9,12-16,20,26H,3-4,10-11,17H2,1-2H3,(H,30,34)(H,31,35). The molecule has 0 saturated heterocycles. The summed E-state index contributed by atoms with van der Waals surface area (Å²) in [5.41, 5.74) is 2.24. The smallest absolute Gasteiger partial charge is 0.287 e. The van der Waals surface area contributed by atoms with Crippen LogP contribution in [0, 0.1) is 19.7 Å². The molecule has 0 aliphatic heterocycles. The molecule has 1 aliphatic carbocycles. The van der Waals surface area contributed by atoms with E-state index in [1.54, 1.807) is 30.3 Å². The van der Waals surface area contributed by atoms with Crippen LogP contribution in [-0.2, 0) is 9.59 Å². The Kier molecular flexibility index (Phi) is 7.83. The third kappa shape index (κ3) is 5.48. The van der Waals surface area contributed by atoms with Crippen LogP contribution in [0.4, 0.5) is 10.1 Å². The zero-order valence-electron chi connectivity index (χ0n) is 20.4. The lowest BCUT2D eigenvalue weighted by atomic mass is 9.99. The monoisotopic (exact) mass is 491 g/mol. The summed E-state index contributed by atoms with van der Waals surface area (Å²) in [7, 11) is 0. The van der Waals surface area contributed by atoms with E-state index in [4.69, 9.17) is 4.42 Å². The van der Waals surface area contributed by atoms with E-state index in [0.29, 0.717) is 5.69 Å². The van der Waals surface area contributed by atoms with E-state index in [0.717, 1.165) is 36.8 Å². The molecule has 3 amide bonds. The van der Waals surface area contributed by atoms with Crippen LogP contribution in [-0.4, -0.2) is 30.3 Å². The number of carbonyl (C=O) groups is 3. The van der Waals surface area contributed by atoms with Crippen molar-refractivity contribution in [3.63, 3.8) is 0 Å². The minimum atomic E-state index is -1.26. The molecular weight excluding hydrogens is 461 g/mol. The lowest BCUT2D eigenvalue weighted by Crippen LogP contribution is -2.49. The molecule has 188 valence electrons. The van der Waals surface area contributed by atoms with Crippen LogP contribution in [0.3, 0.4) is 0 Å². The van der Waals surface area contributed by atoms with Crippen LogP contribution in [0.2, 0.25) is 0 Å². The number of nitrogens with one attached hydrogen (secondary N) is 2. The maximum Gasteiger partial charge on any atom is 0.287 e. The van der Waals surface area contributed by atoms with Crippen molar-refractivity contribution in [2.75, 3.05) is 11.4 Å². The predicted molar refractivity (Wildman–Crippen MR) is 134 cm³/mol. The van der Waals surface area contributed by atoms with E-state index in [9.17, 15) is 14.4 Å². The van der Waals surface area contributed by atoms with Crippen molar-refractivity contribution in [2.45, 2.75) is 51.6 Å². The topological polar surface area (TPSA) is 91.7 Å². The third-order valence-corrected chi connectivity index (χ3v) is 6.66. The largest absolute Gasteiger partial charge is 0.459 e. The molecule has 8 heteroatoms. The number of hydrogen-bond acceptors (Lipinski definition) is 4. The van der Waals surface area contributed by atoms with Crippen molar-refractivity contribution in [2.24, 2.45) is 0 Å². The Balaban J connectivity index is 1.74. The van der Waals surface area contributed by atoms with Gasteiger partial charge in [0.15, 0.2) is 5.76 Å². The lowest BCUT2D eigenvalue weighted by Gasteiger charge is -2.34. The first-order chi connectivity index (χ1) is 17.4. The Morgan fingerprint density at radius 2 is 1.78 bits per heavy atom. The van der Waals surface area contributed by atoms with Crippen molar-refractivity contribution in [3.05, 3.63) is 89.1 Å². The van der Waals surface area contributed by atoms with Gasteiger partial charge in [-0.05, 0) is 62.1 Å². The molecule has 2 N–H and O–H groups in total. The Morgan fingerprint density at radius 1 is 1.03 bits per heavy atom. The van der Waals surface area contributed by atoms with Gasteiger partial charge < -0.3 is 15.1 Å². The number of hydrogen-bond donors (Lipinski definition) is 2. The van der Waals surface area contributed by atoms with Crippen molar-refractivity contribution in [3.8, 4) is 0 Å². The molecule has 0 spiro atoms. The van der Waals surface area contributed by atoms with Crippen molar-refractivity contribution >= 4 is 23.4 Å². The second kappa shape index (κ2) is 11.2. The molecule has 1 fully saturated rings. The zero-order chi connectivity index (χ0) is 25.7. The minimum Gasteiger partial charge on any atom is -0.459 e. The van der Waals surface area contributed by atoms with E-state index >= 15 is 4.39 Å². The van der Waals surface area contributed by atoms with Crippen LogP contribution >= 0.6 is 0 Å². The van der Waals surface area contributed by atoms with E-state index in [1.807, 2.05) is 19.9 Å². The molecule has 1 aromatic heterocycles. The van der Waals surface area contributed by atoms with E-state index < -0.39 is 36.1 Å². The number of nitrogens with zero attached hydrogens (tertiary/aromatic N) is 1. The number of halogens is 1. The molecule has 2 aromatic carbocycles. The van der Waals surface area contributed by atoms with E-state index in [2.05, 4.69) is 10.6 Å². The number of amides is 3. The van der Waals surface area contributed by atoms with Gasteiger partial charge in [-0.25, -0.2) is 4.39 Å². The van der Waals surface area contributed by atoms with Crippen LogP contribution in [0.25, 0.3) is 0 Å². The molecule has 3 aromatic rings. The van der Waals surface area contributed by atoms with Gasteiger partial charge in [0.05, 0.1) is 12.8 Å². The highest BCUT2D eigenvalue weighted by molar-refractivity contribution is 6.04. The molecule has 7 nitrogen and oxygen atoms in total. The number of furan rings is 1. The first-order valence-corrected chi connectivity index (χ1v) is 12.1. The highest BCUT2D eigenvalue weighted by Gasteiger charge is 2.36. The summed E-state index contributed by atoms with van der Waals surface area (Å²) in [4.78, 5) is 41.2. The van der Waals surface area contributed by atoms with Crippen LogP contribution in [0.5, 0.6) is 0 Å². The van der Waals surface area contributed by atoms with E-state index in [1.165, 1.54) is 29.4 Å². The zero-order valence-corrected chi connectivity index (χ0v) is 20.4. The second-order valence-corrected chi connectivity index (χ2v) is 9.06. The summed E-state index contributed by atoms with van der Waals surface area (Å²) in [5.74, 6) is -2.11. The fourth-order valence-electron chi connectivity index (χ4n) is 4.59. The molecule has 36 heavy (non-hydrogen) atoms. The normalized spacial score (nSPS) is 14.3. The Hall–Kier alpha value is -3.94. The number of carbonyl (C=O) groups excluding carboxylic acids is 3. The third-order valence-electron chi connectivity index (χ3n) is 6.66. The first kappa shape index (κ1) is 25.2. The number of anilines is 1. The van der Waals surface area contributed by atoms with Crippen molar-refractivity contribution in [1.82, 2.24) is 10.6 Å². The van der Waals surface area contributed by atoms with Gasteiger partial charge in [-0.1, -0.05) is 43.2 Å². The average Bonchev–Trinajstić information content (AvgIpc) is 3.58. The van der Waals surface area contributed by atoms with Crippen molar-refractivity contribution in [1.29, 1.82) is 0 Å². The fraction of sp³-hybridized carbons (Fsp3) is 0.321. The highest BCUT2D eigenvalue weighted by atomic mass is 19.1. The quantitative estimate of drug-likeness (QED) is 0.482. The molecule has 1 atom stereocenters. The predicted octanol–water partition coefficient (Wildman–Crippen LogP) is 4.60. The van der Waals surface area contributed by atoms with Gasteiger partial charge in [0, 0.05) is 17.3 Å². The Bertz CT molecular complexity index is 1240. The van der Waals surface area contributed by atoms with Crippen molar-refractivity contribution < 1.29 is 23.2 Å². The first-order valence-electron chi connectivity index (χ1n) is 12.1. The number of aryl methyl sites for hydroxylation is 1. The molecule has 0 radical (unpaired) electrons. The van der Waals surface area contributed by atoms with E-state index in [-0.39, 0.29) is 17.4 Å². The van der Waals surface area contributed by atoms with Gasteiger partial charge in [-0.3, -0.25) is 19.3 Å². The maximum atomic E-state index is 15.1. The SMILES string of the molecule is Cc1cccc(N(C(=O)CNC(=O)c2ccco2)C(C(=O)NC2CCCC2)c2ccccc2F)c1C. The van der Waals surface area contributed by atoms with Gasteiger partial charge in [0.1, 0.15) is 11.9 Å². The molecule has 1 saturated carbocycles. The summed E-state index contributed by atoms with van der Waals surface area (Å²) < 4.78 is 20.2. The Morgan fingerprint density at radius 3 is 2.47 bits per heavy atom. The van der Waals surface area contributed by atoms with Gasteiger partial charge in [0.2, 0.25) is 11.8 Å². The molecule has 4 rings (SSSR count). The summed E-state index contributed by atoms with van der Waals surface area (Å²) in [6.07, 6.45) is 5.06. The molecule has 1 heterocycles. The maximum absolute atomic E-state index is 15.1. The highest BCUT2D eigenvalue weighted by Crippen LogP contribution is 2.33. The number of benzene rings is 2. The average molecular weight is 492 g/mol.